The highest BCUT2D eigenvalue weighted by molar-refractivity contribution is 5.89. The van der Waals surface area contributed by atoms with Crippen LogP contribution in [0.3, 0.4) is 0 Å². The van der Waals surface area contributed by atoms with E-state index in [0.29, 0.717) is 16.9 Å². The number of anilines is 2. The van der Waals surface area contributed by atoms with Crippen LogP contribution in [-0.4, -0.2) is 24.2 Å². The molecule has 1 heterocycles. The van der Waals surface area contributed by atoms with E-state index < -0.39 is 4.92 Å². The third kappa shape index (κ3) is 2.06. The molecule has 3 N–H and O–H groups in total. The van der Waals surface area contributed by atoms with Gasteiger partial charge in [0.1, 0.15) is 5.69 Å². The van der Waals surface area contributed by atoms with Crippen LogP contribution in [0.4, 0.5) is 17.1 Å². The van der Waals surface area contributed by atoms with Gasteiger partial charge in [0.05, 0.1) is 4.92 Å². The molecule has 2 rings (SSSR count). The minimum atomic E-state index is -0.417. The van der Waals surface area contributed by atoms with Gasteiger partial charge in [-0.25, -0.2) is 0 Å². The molecule has 0 bridgehead atoms. The molecular formula is C11H14N4O2. The minimum Gasteiger partial charge on any atom is -0.398 e. The van der Waals surface area contributed by atoms with Crippen LogP contribution in [0.15, 0.2) is 12.1 Å². The van der Waals surface area contributed by atoms with Crippen molar-refractivity contribution in [3.05, 3.63) is 27.8 Å². The largest absolute Gasteiger partial charge is 0.398 e. The molecule has 1 fully saturated rings. The van der Waals surface area contributed by atoms with Crippen LogP contribution in [0.2, 0.25) is 0 Å². The summed E-state index contributed by atoms with van der Waals surface area (Å²) >= 11 is 0. The zero-order chi connectivity index (χ0) is 12.4. The van der Waals surface area contributed by atoms with Gasteiger partial charge in [0, 0.05) is 36.6 Å². The SMILES string of the molecule is N=Cc1cc([N+](=O)[O-])c(N2CCCC2)cc1N. The van der Waals surface area contributed by atoms with Crippen LogP contribution < -0.4 is 10.6 Å². The number of nitro groups is 1. The van der Waals surface area contributed by atoms with E-state index in [2.05, 4.69) is 0 Å². The van der Waals surface area contributed by atoms with Gasteiger partial charge < -0.3 is 16.0 Å². The highest BCUT2D eigenvalue weighted by Crippen LogP contribution is 2.34. The molecule has 1 saturated heterocycles. The molecule has 0 aromatic heterocycles. The summed E-state index contributed by atoms with van der Waals surface area (Å²) in [6.07, 6.45) is 3.13. The van der Waals surface area contributed by atoms with E-state index in [9.17, 15) is 10.1 Å². The highest BCUT2D eigenvalue weighted by atomic mass is 16.6. The third-order valence-electron chi connectivity index (χ3n) is 2.98. The van der Waals surface area contributed by atoms with Crippen molar-refractivity contribution in [1.82, 2.24) is 0 Å². The zero-order valence-electron chi connectivity index (χ0n) is 9.35. The Morgan fingerprint density at radius 1 is 1.41 bits per heavy atom. The summed E-state index contributed by atoms with van der Waals surface area (Å²) in [6, 6.07) is 2.97. The van der Waals surface area contributed by atoms with Crippen molar-refractivity contribution in [2.45, 2.75) is 12.8 Å². The topological polar surface area (TPSA) is 96.2 Å². The second-order valence-electron chi connectivity index (χ2n) is 4.07. The van der Waals surface area contributed by atoms with Gasteiger partial charge in [-0.15, -0.1) is 0 Å². The number of nitro benzene ring substituents is 1. The van der Waals surface area contributed by atoms with E-state index in [1.54, 1.807) is 6.07 Å². The molecule has 6 nitrogen and oxygen atoms in total. The van der Waals surface area contributed by atoms with E-state index in [1.165, 1.54) is 6.07 Å². The Morgan fingerprint density at radius 3 is 2.59 bits per heavy atom. The third-order valence-corrected chi connectivity index (χ3v) is 2.98. The van der Waals surface area contributed by atoms with Gasteiger partial charge in [-0.05, 0) is 18.9 Å². The normalized spacial score (nSPS) is 14.9. The van der Waals surface area contributed by atoms with Gasteiger partial charge in [0.15, 0.2) is 0 Å². The Hall–Kier alpha value is -2.11. The molecule has 17 heavy (non-hydrogen) atoms. The van der Waals surface area contributed by atoms with Crippen molar-refractivity contribution in [3.8, 4) is 0 Å². The smallest absolute Gasteiger partial charge is 0.293 e. The molecular weight excluding hydrogens is 220 g/mol. The lowest BCUT2D eigenvalue weighted by molar-refractivity contribution is -0.384. The number of benzene rings is 1. The number of hydrogen-bond acceptors (Lipinski definition) is 5. The van der Waals surface area contributed by atoms with E-state index in [4.69, 9.17) is 11.1 Å². The van der Waals surface area contributed by atoms with Crippen molar-refractivity contribution in [3.63, 3.8) is 0 Å². The molecule has 0 unspecified atom stereocenters. The molecule has 0 saturated carbocycles. The standard InChI is InChI=1S/C11H14N4O2/c12-7-8-5-11(15(16)17)10(6-9(8)13)14-3-1-2-4-14/h5-7,12H,1-4,13H2. The summed E-state index contributed by atoms with van der Waals surface area (Å²) in [7, 11) is 0. The molecule has 1 aromatic rings. The zero-order valence-corrected chi connectivity index (χ0v) is 9.35. The number of rotatable bonds is 3. The Kier molecular flexibility index (Phi) is 2.95. The fourth-order valence-electron chi connectivity index (χ4n) is 2.09. The molecule has 90 valence electrons. The second-order valence-corrected chi connectivity index (χ2v) is 4.07. The molecule has 1 aromatic carbocycles. The summed E-state index contributed by atoms with van der Waals surface area (Å²) < 4.78 is 0. The maximum Gasteiger partial charge on any atom is 0.293 e. The van der Waals surface area contributed by atoms with Crippen molar-refractivity contribution in [1.29, 1.82) is 5.41 Å². The molecule has 0 spiro atoms. The molecule has 1 aliphatic rings. The molecule has 0 radical (unpaired) electrons. The minimum absolute atomic E-state index is 0.0274. The monoisotopic (exact) mass is 234 g/mol. The molecule has 0 atom stereocenters. The van der Waals surface area contributed by atoms with Crippen molar-refractivity contribution in [2.24, 2.45) is 0 Å². The Labute approximate surface area is 98.7 Å². The summed E-state index contributed by atoms with van der Waals surface area (Å²) in [5.74, 6) is 0. The van der Waals surface area contributed by atoms with E-state index in [1.807, 2.05) is 4.90 Å². The van der Waals surface area contributed by atoms with Gasteiger partial charge in [0.2, 0.25) is 0 Å². The Balaban J connectivity index is 2.52. The van der Waals surface area contributed by atoms with Crippen molar-refractivity contribution < 1.29 is 4.92 Å². The molecule has 0 aliphatic carbocycles. The first-order valence-electron chi connectivity index (χ1n) is 5.47. The predicted molar refractivity (Wildman–Crippen MR) is 66.8 cm³/mol. The Morgan fingerprint density at radius 2 is 2.06 bits per heavy atom. The lowest BCUT2D eigenvalue weighted by Crippen LogP contribution is -2.19. The second kappa shape index (κ2) is 4.40. The van der Waals surface area contributed by atoms with Crippen LogP contribution in [0.1, 0.15) is 18.4 Å². The van der Waals surface area contributed by atoms with Gasteiger partial charge in [-0.2, -0.15) is 0 Å². The van der Waals surface area contributed by atoms with Crippen molar-refractivity contribution in [2.75, 3.05) is 23.7 Å². The number of nitrogens with zero attached hydrogens (tertiary/aromatic N) is 2. The quantitative estimate of drug-likeness (QED) is 0.360. The molecule has 0 amide bonds. The van der Waals surface area contributed by atoms with Crippen LogP contribution in [0, 0.1) is 15.5 Å². The highest BCUT2D eigenvalue weighted by Gasteiger charge is 2.23. The molecule has 6 heteroatoms. The van der Waals surface area contributed by atoms with Crippen LogP contribution in [0.5, 0.6) is 0 Å². The van der Waals surface area contributed by atoms with E-state index >= 15 is 0 Å². The lowest BCUT2D eigenvalue weighted by Gasteiger charge is -2.18. The first-order valence-corrected chi connectivity index (χ1v) is 5.47. The van der Waals surface area contributed by atoms with Crippen LogP contribution in [0.25, 0.3) is 0 Å². The molecule has 1 aliphatic heterocycles. The van der Waals surface area contributed by atoms with Crippen LogP contribution in [-0.2, 0) is 0 Å². The van der Waals surface area contributed by atoms with Gasteiger partial charge >= 0.3 is 0 Å². The maximum absolute atomic E-state index is 11.0. The summed E-state index contributed by atoms with van der Waals surface area (Å²) in [5, 5.41) is 18.2. The Bertz CT molecular complexity index is 467. The van der Waals surface area contributed by atoms with Crippen LogP contribution >= 0.6 is 0 Å². The van der Waals surface area contributed by atoms with Gasteiger partial charge in [-0.3, -0.25) is 10.1 Å². The first-order chi connectivity index (χ1) is 8.13. The fraction of sp³-hybridized carbons (Fsp3) is 0.364. The van der Waals surface area contributed by atoms with E-state index in [-0.39, 0.29) is 5.69 Å². The number of hydrogen-bond donors (Lipinski definition) is 2. The predicted octanol–water partition coefficient (Wildman–Crippen LogP) is 1.77. The maximum atomic E-state index is 11.0. The summed E-state index contributed by atoms with van der Waals surface area (Å²) in [4.78, 5) is 12.6. The summed E-state index contributed by atoms with van der Waals surface area (Å²) in [5.41, 5.74) is 7.16. The van der Waals surface area contributed by atoms with E-state index in [0.717, 1.165) is 32.1 Å². The van der Waals surface area contributed by atoms with Crippen molar-refractivity contribution >= 4 is 23.3 Å². The van der Waals surface area contributed by atoms with Gasteiger partial charge in [0.25, 0.3) is 5.69 Å². The first kappa shape index (κ1) is 11.4. The number of nitrogens with two attached hydrogens (primary N) is 1. The average molecular weight is 234 g/mol. The van der Waals surface area contributed by atoms with Gasteiger partial charge in [-0.1, -0.05) is 0 Å². The summed E-state index contributed by atoms with van der Waals surface area (Å²) in [6.45, 7) is 1.65. The fourth-order valence-corrected chi connectivity index (χ4v) is 2.09. The number of nitrogen functional groups attached to an aromatic ring is 1. The lowest BCUT2D eigenvalue weighted by atomic mass is 10.1. The number of nitrogens with one attached hydrogen (secondary N) is 1. The average Bonchev–Trinajstić information content (AvgIpc) is 2.81.